The van der Waals surface area contributed by atoms with E-state index >= 15 is 0 Å². The third kappa shape index (κ3) is 4.24. The van der Waals surface area contributed by atoms with Crippen molar-refractivity contribution in [3.63, 3.8) is 0 Å². The van der Waals surface area contributed by atoms with Gasteiger partial charge in [0.05, 0.1) is 35.1 Å². The van der Waals surface area contributed by atoms with Crippen molar-refractivity contribution in [3.05, 3.63) is 44.4 Å². The van der Waals surface area contributed by atoms with Crippen LogP contribution in [0.3, 0.4) is 0 Å². The van der Waals surface area contributed by atoms with Crippen LogP contribution in [-0.4, -0.2) is 60.1 Å². The van der Waals surface area contributed by atoms with Crippen LogP contribution >= 0.6 is 11.3 Å². The number of aromatic nitrogens is 1. The molecule has 1 aromatic heterocycles. The number of nitrogens with zero attached hydrogens (tertiary/aromatic N) is 4. The summed E-state index contributed by atoms with van der Waals surface area (Å²) in [7, 11) is 0. The Bertz CT molecular complexity index is 925. The van der Waals surface area contributed by atoms with Gasteiger partial charge in [0.15, 0.2) is 5.13 Å². The van der Waals surface area contributed by atoms with Crippen molar-refractivity contribution >= 4 is 33.8 Å². The smallest absolute Gasteiger partial charge is 0.270 e. The first kappa shape index (κ1) is 19.7. The van der Waals surface area contributed by atoms with Crippen LogP contribution in [0.5, 0.6) is 0 Å². The van der Waals surface area contributed by atoms with Crippen LogP contribution in [0.15, 0.2) is 18.2 Å². The lowest BCUT2D eigenvalue weighted by Crippen LogP contribution is -2.37. The number of anilines is 2. The molecular formula is C19H23N5O4S. The van der Waals surface area contributed by atoms with Gasteiger partial charge in [0.25, 0.3) is 11.6 Å². The summed E-state index contributed by atoms with van der Waals surface area (Å²) in [5.74, 6) is -0.381. The summed E-state index contributed by atoms with van der Waals surface area (Å²) in [4.78, 5) is 33.9. The highest BCUT2D eigenvalue weighted by Crippen LogP contribution is 2.31. The van der Waals surface area contributed by atoms with Gasteiger partial charge >= 0.3 is 0 Å². The van der Waals surface area contributed by atoms with E-state index in [4.69, 9.17) is 4.74 Å². The first-order valence-corrected chi connectivity index (χ1v) is 10.5. The molecule has 1 N–H and O–H groups in total. The molecule has 0 unspecified atom stereocenters. The van der Waals surface area contributed by atoms with Gasteiger partial charge in [0.2, 0.25) is 0 Å². The standard InChI is InChI=1S/C19H23N5O4S/c1-2-22-6-5-15-17(12-22)29-19(20-15)21-18(25)14-11-13(24(26)27)3-4-16(14)23-7-9-28-10-8-23/h3-4,11H,2,5-10,12H2,1H3,(H,20,21,25). The second kappa shape index (κ2) is 8.44. The number of non-ortho nitro benzene ring substituents is 1. The van der Waals surface area contributed by atoms with Crippen molar-refractivity contribution in [2.24, 2.45) is 0 Å². The fourth-order valence-corrected chi connectivity index (χ4v) is 4.68. The molecule has 0 atom stereocenters. The molecule has 1 fully saturated rings. The Labute approximate surface area is 172 Å². The summed E-state index contributed by atoms with van der Waals surface area (Å²) in [6.07, 6.45) is 0.866. The lowest BCUT2D eigenvalue weighted by atomic mass is 10.1. The normalized spacial score (nSPS) is 17.1. The number of carbonyl (C=O) groups excluding carboxylic acids is 1. The highest BCUT2D eigenvalue weighted by atomic mass is 32.1. The number of carbonyl (C=O) groups is 1. The summed E-state index contributed by atoms with van der Waals surface area (Å²) in [5, 5.41) is 14.6. The molecule has 2 aliphatic rings. The Morgan fingerprint density at radius 3 is 2.86 bits per heavy atom. The summed E-state index contributed by atoms with van der Waals surface area (Å²) < 4.78 is 5.38. The summed E-state index contributed by atoms with van der Waals surface area (Å²) in [6, 6.07) is 4.42. The van der Waals surface area contributed by atoms with Gasteiger partial charge in [-0.1, -0.05) is 6.92 Å². The first-order chi connectivity index (χ1) is 14.0. The summed E-state index contributed by atoms with van der Waals surface area (Å²) in [6.45, 7) is 7.31. The summed E-state index contributed by atoms with van der Waals surface area (Å²) >= 11 is 1.48. The number of benzene rings is 1. The third-order valence-corrected chi connectivity index (χ3v) is 6.26. The zero-order chi connectivity index (χ0) is 20.4. The van der Waals surface area contributed by atoms with Crippen molar-refractivity contribution in [3.8, 4) is 0 Å². The van der Waals surface area contributed by atoms with Crippen LogP contribution in [0.4, 0.5) is 16.5 Å². The lowest BCUT2D eigenvalue weighted by molar-refractivity contribution is -0.384. The zero-order valence-corrected chi connectivity index (χ0v) is 17.0. The Morgan fingerprint density at radius 2 is 2.14 bits per heavy atom. The van der Waals surface area contributed by atoms with Crippen molar-refractivity contribution in [1.29, 1.82) is 0 Å². The maximum Gasteiger partial charge on any atom is 0.270 e. The van der Waals surface area contributed by atoms with Crippen LogP contribution in [0.25, 0.3) is 0 Å². The van der Waals surface area contributed by atoms with Crippen molar-refractivity contribution in [2.45, 2.75) is 19.9 Å². The van der Waals surface area contributed by atoms with Gasteiger partial charge in [-0.3, -0.25) is 25.1 Å². The minimum absolute atomic E-state index is 0.107. The number of nitro benzene ring substituents is 1. The predicted molar refractivity (Wildman–Crippen MR) is 111 cm³/mol. The van der Waals surface area contributed by atoms with Crippen LogP contribution in [0.2, 0.25) is 0 Å². The molecular weight excluding hydrogens is 394 g/mol. The van der Waals surface area contributed by atoms with Gasteiger partial charge < -0.3 is 9.64 Å². The zero-order valence-electron chi connectivity index (χ0n) is 16.2. The topological polar surface area (TPSA) is 101 Å². The lowest BCUT2D eigenvalue weighted by Gasteiger charge is -2.30. The van der Waals surface area contributed by atoms with E-state index in [0.29, 0.717) is 37.1 Å². The highest BCUT2D eigenvalue weighted by molar-refractivity contribution is 7.15. The van der Waals surface area contributed by atoms with Crippen LogP contribution < -0.4 is 10.2 Å². The Kier molecular flexibility index (Phi) is 5.74. The van der Waals surface area contributed by atoms with Crippen LogP contribution in [-0.2, 0) is 17.7 Å². The Morgan fingerprint density at radius 1 is 1.34 bits per heavy atom. The van der Waals surface area contributed by atoms with Crippen molar-refractivity contribution < 1.29 is 14.5 Å². The molecule has 9 nitrogen and oxygen atoms in total. The molecule has 10 heteroatoms. The van der Waals surface area contributed by atoms with Gasteiger partial charge in [-0.05, 0) is 12.6 Å². The Balaban J connectivity index is 1.59. The molecule has 1 amide bonds. The molecule has 0 bridgehead atoms. The molecule has 0 spiro atoms. The maximum atomic E-state index is 13.1. The number of nitrogens with one attached hydrogen (secondary N) is 1. The minimum Gasteiger partial charge on any atom is -0.378 e. The molecule has 2 aliphatic heterocycles. The average Bonchev–Trinajstić information content (AvgIpc) is 3.15. The number of morpholine rings is 1. The minimum atomic E-state index is -0.485. The molecule has 2 aromatic rings. The van der Waals surface area contributed by atoms with Crippen molar-refractivity contribution in [2.75, 3.05) is 49.6 Å². The van der Waals surface area contributed by atoms with Gasteiger partial charge in [0.1, 0.15) is 0 Å². The third-order valence-electron chi connectivity index (χ3n) is 5.27. The molecule has 4 rings (SSSR count). The highest BCUT2D eigenvalue weighted by Gasteiger charge is 2.24. The van der Waals surface area contributed by atoms with Gasteiger partial charge in [0, 0.05) is 49.6 Å². The Hall–Kier alpha value is -2.56. The fraction of sp³-hybridized carbons (Fsp3) is 0.474. The molecule has 0 saturated carbocycles. The van der Waals surface area contributed by atoms with E-state index in [2.05, 4.69) is 22.1 Å². The van der Waals surface area contributed by atoms with Gasteiger partial charge in [-0.2, -0.15) is 0 Å². The number of fused-ring (bicyclic) bond motifs is 1. The maximum absolute atomic E-state index is 13.1. The number of thiazole rings is 1. The van der Waals surface area contributed by atoms with Gasteiger partial charge in [-0.25, -0.2) is 4.98 Å². The number of hydrogen-bond acceptors (Lipinski definition) is 8. The number of rotatable bonds is 5. The van der Waals surface area contributed by atoms with E-state index in [1.54, 1.807) is 6.07 Å². The first-order valence-electron chi connectivity index (χ1n) is 9.68. The molecule has 1 saturated heterocycles. The van der Waals surface area contributed by atoms with Crippen LogP contribution in [0.1, 0.15) is 27.9 Å². The van der Waals surface area contributed by atoms with E-state index in [-0.39, 0.29) is 17.2 Å². The van der Waals surface area contributed by atoms with Crippen LogP contribution in [0, 0.1) is 10.1 Å². The second-order valence-corrected chi connectivity index (χ2v) is 8.10. The number of hydrogen-bond donors (Lipinski definition) is 1. The summed E-state index contributed by atoms with van der Waals surface area (Å²) in [5.41, 5.74) is 1.88. The average molecular weight is 417 g/mol. The number of ether oxygens (including phenoxy) is 1. The predicted octanol–water partition coefficient (Wildman–Crippen LogP) is 2.52. The van der Waals surface area contributed by atoms with E-state index < -0.39 is 4.92 Å². The molecule has 29 heavy (non-hydrogen) atoms. The monoisotopic (exact) mass is 417 g/mol. The number of amides is 1. The van der Waals surface area contributed by atoms with Crippen molar-refractivity contribution in [1.82, 2.24) is 9.88 Å². The quantitative estimate of drug-likeness (QED) is 0.589. The molecule has 154 valence electrons. The largest absolute Gasteiger partial charge is 0.378 e. The van der Waals surface area contributed by atoms with E-state index in [9.17, 15) is 14.9 Å². The molecule has 0 aliphatic carbocycles. The number of nitro groups is 1. The number of likely N-dealkylation sites (N-methyl/N-ethyl adjacent to an activating group) is 1. The molecule has 3 heterocycles. The second-order valence-electron chi connectivity index (χ2n) is 7.02. The molecule has 0 radical (unpaired) electrons. The van der Waals surface area contributed by atoms with E-state index in [0.717, 1.165) is 31.7 Å². The van der Waals surface area contributed by atoms with E-state index in [1.165, 1.54) is 28.3 Å². The van der Waals surface area contributed by atoms with Gasteiger partial charge in [-0.15, -0.1) is 11.3 Å². The van der Waals surface area contributed by atoms with E-state index in [1.807, 2.05) is 4.90 Å². The fourth-order valence-electron chi connectivity index (χ4n) is 3.64. The molecule has 1 aromatic carbocycles. The SMILES string of the molecule is CCN1CCc2nc(NC(=O)c3cc([N+](=O)[O-])ccc3N3CCOCC3)sc2C1.